The molecule has 21 heavy (non-hydrogen) atoms. The van der Waals surface area contributed by atoms with E-state index in [4.69, 9.17) is 28.9 Å². The summed E-state index contributed by atoms with van der Waals surface area (Å²) in [5, 5.41) is 1.27. The molecule has 0 amide bonds. The summed E-state index contributed by atoms with van der Waals surface area (Å²) in [6.45, 7) is 0. The molecular weight excluding hydrogens is 301 g/mol. The molecule has 0 saturated heterocycles. The van der Waals surface area contributed by atoms with E-state index in [9.17, 15) is 0 Å². The van der Waals surface area contributed by atoms with Gasteiger partial charge in [0.2, 0.25) is 0 Å². The zero-order valence-corrected chi connectivity index (χ0v) is 13.8. The lowest BCUT2D eigenvalue weighted by Crippen LogP contribution is -2.47. The van der Waals surface area contributed by atoms with Gasteiger partial charge in [0.25, 0.3) is 0 Å². The molecule has 5 rings (SSSR count). The van der Waals surface area contributed by atoms with E-state index in [1.54, 1.807) is 0 Å². The number of hydrogen-bond donors (Lipinski definition) is 1. The van der Waals surface area contributed by atoms with Gasteiger partial charge in [0.1, 0.15) is 0 Å². The molecule has 114 valence electrons. The van der Waals surface area contributed by atoms with Gasteiger partial charge < -0.3 is 5.73 Å². The Kier molecular flexibility index (Phi) is 3.52. The number of rotatable bonds is 3. The highest BCUT2D eigenvalue weighted by molar-refractivity contribution is 6.42. The third-order valence-corrected chi connectivity index (χ3v) is 7.03. The van der Waals surface area contributed by atoms with Crippen LogP contribution in [-0.2, 0) is 0 Å². The maximum atomic E-state index is 6.54. The molecule has 0 spiro atoms. The number of halogens is 2. The zero-order chi connectivity index (χ0) is 14.6. The monoisotopic (exact) mass is 323 g/mol. The van der Waals surface area contributed by atoms with Crippen molar-refractivity contribution in [3.05, 3.63) is 33.8 Å². The highest BCUT2D eigenvalue weighted by Gasteiger charge is 2.51. The second kappa shape index (κ2) is 5.15. The van der Waals surface area contributed by atoms with E-state index in [0.717, 1.165) is 29.7 Å². The van der Waals surface area contributed by atoms with Crippen LogP contribution in [0.5, 0.6) is 0 Å². The molecule has 4 aliphatic rings. The summed E-state index contributed by atoms with van der Waals surface area (Å²) < 4.78 is 0. The van der Waals surface area contributed by atoms with Crippen molar-refractivity contribution in [2.45, 2.75) is 51.0 Å². The van der Waals surface area contributed by atoms with Crippen molar-refractivity contribution in [3.8, 4) is 0 Å². The van der Waals surface area contributed by atoms with E-state index in [1.165, 1.54) is 38.5 Å². The van der Waals surface area contributed by atoms with Crippen LogP contribution in [0.2, 0.25) is 10.0 Å². The maximum Gasteiger partial charge on any atom is 0.0640 e. The fourth-order valence-electron chi connectivity index (χ4n) is 5.92. The quantitative estimate of drug-likeness (QED) is 0.769. The van der Waals surface area contributed by atoms with Crippen LogP contribution in [-0.4, -0.2) is 0 Å². The van der Waals surface area contributed by atoms with Crippen LogP contribution in [0.1, 0.15) is 56.6 Å². The van der Waals surface area contributed by atoms with Crippen LogP contribution in [0.3, 0.4) is 0 Å². The van der Waals surface area contributed by atoms with Crippen molar-refractivity contribution in [2.24, 2.45) is 28.9 Å². The van der Waals surface area contributed by atoms with Gasteiger partial charge in [-0.25, -0.2) is 0 Å². The van der Waals surface area contributed by atoms with Crippen molar-refractivity contribution in [2.75, 3.05) is 0 Å². The maximum absolute atomic E-state index is 6.54. The summed E-state index contributed by atoms with van der Waals surface area (Å²) in [5.41, 5.74) is 8.06. The molecule has 1 aromatic carbocycles. The van der Waals surface area contributed by atoms with Crippen molar-refractivity contribution in [1.82, 2.24) is 0 Å². The molecule has 0 aromatic heterocycles. The van der Waals surface area contributed by atoms with Crippen LogP contribution in [0, 0.1) is 23.2 Å². The van der Waals surface area contributed by atoms with Gasteiger partial charge in [-0.2, -0.15) is 0 Å². The Morgan fingerprint density at radius 2 is 1.62 bits per heavy atom. The summed E-state index contributed by atoms with van der Waals surface area (Å²) in [6, 6.07) is 5.86. The van der Waals surface area contributed by atoms with E-state index in [1.807, 2.05) is 18.2 Å². The van der Waals surface area contributed by atoms with Crippen LogP contribution in [0.25, 0.3) is 0 Å². The minimum atomic E-state index is 0.0208. The fourth-order valence-corrected chi connectivity index (χ4v) is 6.37. The minimum Gasteiger partial charge on any atom is -0.324 e. The molecular formula is C18H23Cl2N. The Morgan fingerprint density at radius 1 is 1.05 bits per heavy atom. The predicted molar refractivity (Wildman–Crippen MR) is 88.6 cm³/mol. The van der Waals surface area contributed by atoms with E-state index in [-0.39, 0.29) is 6.04 Å². The Labute approximate surface area is 137 Å². The van der Waals surface area contributed by atoms with E-state index in [2.05, 4.69) is 0 Å². The standard InChI is InChI=1S/C18H23Cl2N/c19-15-3-1-2-14(17(15)20)16(21)10-18-7-11-4-12(8-18)6-13(5-11)9-18/h1-3,11-13,16H,4-10,21H2. The van der Waals surface area contributed by atoms with Gasteiger partial charge in [0.15, 0.2) is 0 Å². The van der Waals surface area contributed by atoms with E-state index in [0.29, 0.717) is 15.5 Å². The Balaban J connectivity index is 1.57. The van der Waals surface area contributed by atoms with Crippen LogP contribution < -0.4 is 5.73 Å². The van der Waals surface area contributed by atoms with Gasteiger partial charge in [0.05, 0.1) is 10.0 Å². The fraction of sp³-hybridized carbons (Fsp3) is 0.667. The van der Waals surface area contributed by atoms with Gasteiger partial charge in [-0.05, 0) is 79.7 Å². The van der Waals surface area contributed by atoms with Crippen molar-refractivity contribution < 1.29 is 0 Å². The third kappa shape index (κ3) is 2.52. The normalized spacial score (nSPS) is 38.7. The molecule has 3 heteroatoms. The molecule has 4 bridgehead atoms. The average molecular weight is 324 g/mol. The Bertz CT molecular complexity index is 519. The summed E-state index contributed by atoms with van der Waals surface area (Å²) >= 11 is 12.5. The van der Waals surface area contributed by atoms with Crippen LogP contribution >= 0.6 is 23.2 Å². The Hall–Kier alpha value is -0.240. The van der Waals surface area contributed by atoms with E-state index < -0.39 is 0 Å². The minimum absolute atomic E-state index is 0.0208. The molecule has 1 aromatic rings. The first-order valence-electron chi connectivity index (χ1n) is 8.24. The summed E-state index contributed by atoms with van der Waals surface area (Å²) in [7, 11) is 0. The smallest absolute Gasteiger partial charge is 0.0640 e. The molecule has 0 aliphatic heterocycles. The number of benzene rings is 1. The zero-order valence-electron chi connectivity index (χ0n) is 12.3. The summed E-state index contributed by atoms with van der Waals surface area (Å²) in [6.07, 6.45) is 9.70. The molecule has 4 aliphatic carbocycles. The molecule has 0 radical (unpaired) electrons. The summed E-state index contributed by atoms with van der Waals surface area (Å²) in [5.74, 6) is 2.91. The van der Waals surface area contributed by atoms with Gasteiger partial charge in [-0.1, -0.05) is 35.3 Å². The second-order valence-corrected chi connectivity index (χ2v) is 8.66. The molecule has 1 atom stereocenters. The molecule has 1 unspecified atom stereocenters. The van der Waals surface area contributed by atoms with Crippen molar-refractivity contribution in [3.63, 3.8) is 0 Å². The largest absolute Gasteiger partial charge is 0.324 e. The highest BCUT2D eigenvalue weighted by Crippen LogP contribution is 2.62. The lowest BCUT2D eigenvalue weighted by Gasteiger charge is -2.57. The summed E-state index contributed by atoms with van der Waals surface area (Å²) in [4.78, 5) is 0. The third-order valence-electron chi connectivity index (χ3n) is 6.20. The predicted octanol–water partition coefficient (Wildman–Crippen LogP) is 5.60. The molecule has 4 saturated carbocycles. The number of hydrogen-bond acceptors (Lipinski definition) is 1. The SMILES string of the molecule is NC(CC12CC3CC(CC(C3)C1)C2)c1cccc(Cl)c1Cl. The van der Waals surface area contributed by atoms with Crippen LogP contribution in [0.4, 0.5) is 0 Å². The first kappa shape index (κ1) is 14.4. The Morgan fingerprint density at radius 3 is 2.19 bits per heavy atom. The van der Waals surface area contributed by atoms with Gasteiger partial charge >= 0.3 is 0 Å². The molecule has 1 nitrogen and oxygen atoms in total. The first-order chi connectivity index (χ1) is 10.0. The first-order valence-corrected chi connectivity index (χ1v) is 9.00. The van der Waals surface area contributed by atoms with Crippen LogP contribution in [0.15, 0.2) is 18.2 Å². The van der Waals surface area contributed by atoms with Crippen molar-refractivity contribution >= 4 is 23.2 Å². The average Bonchev–Trinajstić information content (AvgIpc) is 2.39. The van der Waals surface area contributed by atoms with Gasteiger partial charge in [-0.3, -0.25) is 0 Å². The lowest BCUT2D eigenvalue weighted by atomic mass is 9.48. The number of nitrogens with two attached hydrogens (primary N) is 1. The molecule has 4 fully saturated rings. The highest BCUT2D eigenvalue weighted by atomic mass is 35.5. The second-order valence-electron chi connectivity index (χ2n) is 7.87. The molecule has 2 N–H and O–H groups in total. The van der Waals surface area contributed by atoms with Gasteiger partial charge in [-0.15, -0.1) is 0 Å². The molecule has 0 heterocycles. The van der Waals surface area contributed by atoms with Gasteiger partial charge in [0, 0.05) is 6.04 Å². The van der Waals surface area contributed by atoms with Crippen molar-refractivity contribution in [1.29, 1.82) is 0 Å². The topological polar surface area (TPSA) is 26.0 Å². The van der Waals surface area contributed by atoms with E-state index >= 15 is 0 Å². The lowest BCUT2D eigenvalue weighted by molar-refractivity contribution is -0.0605.